The van der Waals surface area contributed by atoms with Gasteiger partial charge < -0.3 is 19.8 Å². The number of nitrogens with one attached hydrogen (secondary N) is 3. The van der Waals surface area contributed by atoms with E-state index in [2.05, 4.69) is 75.9 Å². The molecule has 0 aliphatic carbocycles. The minimum Gasteiger partial charge on any atom is -0.380 e. The van der Waals surface area contributed by atoms with Crippen LogP contribution < -0.4 is 22.1 Å². The largest absolute Gasteiger partial charge is 0.380 e. The van der Waals surface area contributed by atoms with Crippen LogP contribution >= 0.6 is 0 Å². The maximum absolute atomic E-state index is 12.5. The van der Waals surface area contributed by atoms with Gasteiger partial charge in [-0.25, -0.2) is 4.79 Å². The van der Waals surface area contributed by atoms with Gasteiger partial charge >= 0.3 is 5.63 Å². The first-order valence-electron chi connectivity index (χ1n) is 15.6. The number of hydrogen-bond acceptors (Lipinski definition) is 5. The number of pyridine rings is 2. The van der Waals surface area contributed by atoms with Gasteiger partial charge in [0.1, 0.15) is 5.39 Å². The van der Waals surface area contributed by atoms with Gasteiger partial charge in [0.15, 0.2) is 0 Å². The van der Waals surface area contributed by atoms with Crippen LogP contribution in [0.4, 0.5) is 5.69 Å². The summed E-state index contributed by atoms with van der Waals surface area (Å²) in [7, 11) is 0. The average molecular weight is 613 g/mol. The zero-order valence-electron chi connectivity index (χ0n) is 27.8. The van der Waals surface area contributed by atoms with Gasteiger partial charge in [-0.15, -0.1) is 0 Å². The van der Waals surface area contributed by atoms with E-state index < -0.39 is 0 Å². The summed E-state index contributed by atoms with van der Waals surface area (Å²) in [6.07, 6.45) is 2.02. The van der Waals surface area contributed by atoms with Crippen LogP contribution in [0.25, 0.3) is 32.7 Å². The van der Waals surface area contributed by atoms with Crippen LogP contribution in [0.15, 0.2) is 31.0 Å². The van der Waals surface area contributed by atoms with Crippen molar-refractivity contribution in [2.24, 2.45) is 0 Å². The van der Waals surface area contributed by atoms with E-state index in [0.717, 1.165) is 57.1 Å². The van der Waals surface area contributed by atoms with Gasteiger partial charge in [-0.2, -0.15) is 4.74 Å². The Kier molecular flexibility index (Phi) is 7.54. The van der Waals surface area contributed by atoms with Crippen LogP contribution in [0.1, 0.15) is 113 Å². The molecule has 8 heteroatoms. The van der Waals surface area contributed by atoms with Crippen molar-refractivity contribution in [2.45, 2.75) is 119 Å². The first kappa shape index (κ1) is 32.3. The molecule has 2 atom stereocenters. The van der Waals surface area contributed by atoms with Gasteiger partial charge in [0.05, 0.1) is 22.1 Å². The normalized spacial score (nSPS) is 19.4. The van der Waals surface area contributed by atoms with Crippen LogP contribution in [0.2, 0.25) is 0 Å². The Hall–Kier alpha value is -4.07. The second-order valence-corrected chi connectivity index (χ2v) is 14.6. The SMILES string of the molecule is C.Cc1c(C)c2cc3c(c(C)c2[nH]c1=O)NC(C)(C)CC3C.Cc1c(C)c2cc3c4c(c(=O)on4C(C)(C)CC3C)c2[nH]c1=O. The summed E-state index contributed by atoms with van der Waals surface area (Å²) in [5.41, 5.74) is 10.1. The molecule has 0 radical (unpaired) electrons. The predicted octanol–water partition coefficient (Wildman–Crippen LogP) is 8.08. The summed E-state index contributed by atoms with van der Waals surface area (Å²) in [6.45, 7) is 22.9. The Labute approximate surface area is 264 Å². The van der Waals surface area contributed by atoms with Crippen molar-refractivity contribution in [3.05, 3.63) is 82.2 Å². The molecule has 0 fully saturated rings. The van der Waals surface area contributed by atoms with E-state index in [4.69, 9.17) is 4.52 Å². The molecule has 5 aromatic rings. The first-order chi connectivity index (χ1) is 20.4. The summed E-state index contributed by atoms with van der Waals surface area (Å²) in [4.78, 5) is 42.8. The molecule has 2 unspecified atom stereocenters. The standard InChI is InChI=1S/C18H20N2O3.C18H24N2O.CH4/c1-8-7-18(4,5)20-15-11(8)6-12-9(2)10(3)16(21)19-14(12)13(15)17(22)23-20;1-9-8-18(5,6)20-16-12(4)15-14(7-13(9)16)10(2)11(3)17(21)19-15;/h6,8H,7H2,1-5H3,(H,19,21);7,9,20H,8H2,1-6H3,(H,19,21);1H4. The average Bonchev–Trinajstić information content (AvgIpc) is 3.29. The number of nitrogens with zero attached hydrogens (tertiary/aromatic N) is 1. The maximum Gasteiger partial charge on any atom is 0.367 e. The number of anilines is 1. The molecule has 8 nitrogen and oxygen atoms in total. The zero-order chi connectivity index (χ0) is 32.2. The molecule has 0 amide bonds. The van der Waals surface area contributed by atoms with Gasteiger partial charge in [-0.1, -0.05) is 21.3 Å². The number of aryl methyl sites for hydroxylation is 3. The third-order valence-electron chi connectivity index (χ3n) is 10.3. The third kappa shape index (κ3) is 4.84. The van der Waals surface area contributed by atoms with Crippen LogP contribution in [0.3, 0.4) is 0 Å². The molecule has 5 heterocycles. The molecule has 3 N–H and O–H groups in total. The van der Waals surface area contributed by atoms with Crippen LogP contribution in [-0.2, 0) is 5.54 Å². The molecule has 0 spiro atoms. The number of rotatable bonds is 0. The molecule has 2 aliphatic heterocycles. The predicted molar refractivity (Wildman–Crippen MR) is 187 cm³/mol. The lowest BCUT2D eigenvalue weighted by atomic mass is 9.80. The summed E-state index contributed by atoms with van der Waals surface area (Å²) >= 11 is 0. The Morgan fingerprint density at radius 3 is 1.84 bits per heavy atom. The maximum atomic E-state index is 12.5. The van der Waals surface area contributed by atoms with Crippen molar-refractivity contribution in [3.8, 4) is 0 Å². The van der Waals surface area contributed by atoms with Gasteiger partial charge in [0.2, 0.25) is 0 Å². The van der Waals surface area contributed by atoms with E-state index in [-0.39, 0.29) is 35.2 Å². The highest BCUT2D eigenvalue weighted by Gasteiger charge is 2.36. The first-order valence-corrected chi connectivity index (χ1v) is 15.6. The van der Waals surface area contributed by atoms with E-state index in [1.165, 1.54) is 16.6 Å². The number of fused-ring (bicyclic) bond motifs is 4. The lowest BCUT2D eigenvalue weighted by Crippen LogP contribution is -2.37. The van der Waals surface area contributed by atoms with Gasteiger partial charge in [0, 0.05) is 33.1 Å². The van der Waals surface area contributed by atoms with E-state index in [1.54, 1.807) is 4.74 Å². The van der Waals surface area contributed by atoms with Crippen molar-refractivity contribution in [1.82, 2.24) is 14.7 Å². The number of hydrogen-bond donors (Lipinski definition) is 3. The van der Waals surface area contributed by atoms with Gasteiger partial charge in [0.25, 0.3) is 11.1 Å². The summed E-state index contributed by atoms with van der Waals surface area (Å²) in [5.74, 6) is 0.839. The number of aromatic amines is 2. The highest BCUT2D eigenvalue weighted by Crippen LogP contribution is 2.44. The van der Waals surface area contributed by atoms with Crippen molar-refractivity contribution in [1.29, 1.82) is 0 Å². The second kappa shape index (κ2) is 10.5. The number of H-pyrrole nitrogens is 2. The molecule has 0 saturated heterocycles. The Morgan fingerprint density at radius 2 is 1.24 bits per heavy atom. The van der Waals surface area contributed by atoms with Crippen LogP contribution in [0, 0.1) is 34.6 Å². The third-order valence-corrected chi connectivity index (χ3v) is 10.3. The molecular formula is C37H48N4O4. The zero-order valence-corrected chi connectivity index (χ0v) is 27.8. The molecule has 2 aromatic carbocycles. The monoisotopic (exact) mass is 612 g/mol. The van der Waals surface area contributed by atoms with Crippen molar-refractivity contribution >= 4 is 38.4 Å². The quantitative estimate of drug-likeness (QED) is 0.164. The van der Waals surface area contributed by atoms with E-state index >= 15 is 0 Å². The molecule has 240 valence electrons. The summed E-state index contributed by atoms with van der Waals surface area (Å²) in [6, 6.07) is 4.38. The minimum absolute atomic E-state index is 0. The van der Waals surface area contributed by atoms with Gasteiger partial charge in [-0.05, 0) is 127 Å². The Balaban J connectivity index is 0.000000175. The van der Waals surface area contributed by atoms with Crippen molar-refractivity contribution < 1.29 is 4.52 Å². The highest BCUT2D eigenvalue weighted by molar-refractivity contribution is 6.06. The minimum atomic E-state index is -0.382. The lowest BCUT2D eigenvalue weighted by molar-refractivity contribution is 0.126. The molecule has 2 aliphatic rings. The van der Waals surface area contributed by atoms with Crippen molar-refractivity contribution in [3.63, 3.8) is 0 Å². The Morgan fingerprint density at radius 1 is 0.733 bits per heavy atom. The molecule has 45 heavy (non-hydrogen) atoms. The molecular weight excluding hydrogens is 564 g/mol. The molecule has 3 aromatic heterocycles. The molecule has 7 rings (SSSR count). The molecule has 0 bridgehead atoms. The van der Waals surface area contributed by atoms with Gasteiger partial charge in [-0.3, -0.25) is 9.59 Å². The van der Waals surface area contributed by atoms with E-state index in [9.17, 15) is 14.4 Å². The smallest absolute Gasteiger partial charge is 0.367 e. The fourth-order valence-electron chi connectivity index (χ4n) is 7.73. The van der Waals surface area contributed by atoms with E-state index in [1.807, 2.05) is 27.7 Å². The van der Waals surface area contributed by atoms with Crippen LogP contribution in [-0.4, -0.2) is 20.2 Å². The summed E-state index contributed by atoms with van der Waals surface area (Å²) in [5, 5.41) is 6.27. The van der Waals surface area contributed by atoms with Crippen LogP contribution in [0.5, 0.6) is 0 Å². The van der Waals surface area contributed by atoms with E-state index in [0.29, 0.717) is 28.3 Å². The summed E-state index contributed by atoms with van der Waals surface area (Å²) < 4.78 is 7.30. The van der Waals surface area contributed by atoms with Crippen molar-refractivity contribution in [2.75, 3.05) is 5.32 Å². The second-order valence-electron chi connectivity index (χ2n) is 14.6. The molecule has 0 saturated carbocycles. The highest BCUT2D eigenvalue weighted by atomic mass is 16.5. The lowest BCUT2D eigenvalue weighted by Gasteiger charge is -2.39. The number of aromatic nitrogens is 3. The fraction of sp³-hybridized carbons (Fsp3) is 0.486. The number of benzene rings is 2. The fourth-order valence-corrected chi connectivity index (χ4v) is 7.73. The topological polar surface area (TPSA) is 113 Å². The Bertz CT molecular complexity index is 2210.